The van der Waals surface area contributed by atoms with E-state index in [4.69, 9.17) is 0 Å². The predicted molar refractivity (Wildman–Crippen MR) is 72.5 cm³/mol. The predicted octanol–water partition coefficient (Wildman–Crippen LogP) is -0.0970. The molecule has 0 saturated carbocycles. The summed E-state index contributed by atoms with van der Waals surface area (Å²) in [6, 6.07) is 0. The Balaban J connectivity index is 2.25. The van der Waals surface area contributed by atoms with Gasteiger partial charge in [-0.3, -0.25) is 9.48 Å². The van der Waals surface area contributed by atoms with E-state index in [9.17, 15) is 14.7 Å². The average molecular weight is 292 g/mol. The first-order valence-corrected chi connectivity index (χ1v) is 6.39. The van der Waals surface area contributed by atoms with Crippen molar-refractivity contribution < 1.29 is 14.7 Å². The summed E-state index contributed by atoms with van der Waals surface area (Å²) in [4.78, 5) is 22.4. The molecule has 0 aliphatic heterocycles. The lowest BCUT2D eigenvalue weighted by atomic mass is 10.2. The number of aromatic nitrogens is 5. The molecular formula is C12H16N6O3. The van der Waals surface area contributed by atoms with Gasteiger partial charge in [-0.25, -0.2) is 9.48 Å². The summed E-state index contributed by atoms with van der Waals surface area (Å²) in [6.07, 6.45) is 4.13. The van der Waals surface area contributed by atoms with Crippen LogP contribution in [0.5, 0.6) is 0 Å². The van der Waals surface area contributed by atoms with Gasteiger partial charge in [0.25, 0.3) is 0 Å². The van der Waals surface area contributed by atoms with Crippen molar-refractivity contribution in [2.75, 3.05) is 7.05 Å². The van der Waals surface area contributed by atoms with E-state index >= 15 is 0 Å². The summed E-state index contributed by atoms with van der Waals surface area (Å²) in [5.41, 5.74) is 0.898. The number of rotatable bonds is 6. The van der Waals surface area contributed by atoms with Gasteiger partial charge >= 0.3 is 5.97 Å². The topological polar surface area (TPSA) is 115 Å². The molecule has 0 bridgehead atoms. The number of carbonyl (C=O) groups is 2. The maximum atomic E-state index is 11.2. The SMILES string of the molecule is CNC(=O)CCCn1nnc(C(=O)O)c1-c1cnn(C)c1. The Morgan fingerprint density at radius 2 is 2.19 bits per heavy atom. The zero-order chi connectivity index (χ0) is 15.4. The van der Waals surface area contributed by atoms with Gasteiger partial charge in [0.15, 0.2) is 5.69 Å². The Morgan fingerprint density at radius 1 is 1.43 bits per heavy atom. The van der Waals surface area contributed by atoms with Gasteiger partial charge in [0.1, 0.15) is 5.69 Å². The van der Waals surface area contributed by atoms with Crippen LogP contribution in [0.1, 0.15) is 23.3 Å². The molecular weight excluding hydrogens is 276 g/mol. The Morgan fingerprint density at radius 3 is 2.76 bits per heavy atom. The first-order valence-electron chi connectivity index (χ1n) is 6.39. The molecule has 0 aromatic carbocycles. The molecule has 0 spiro atoms. The van der Waals surface area contributed by atoms with Gasteiger partial charge in [-0.2, -0.15) is 5.10 Å². The first kappa shape index (κ1) is 14.7. The molecule has 0 saturated heterocycles. The number of aromatic carboxylic acids is 1. The standard InChI is InChI=1S/C12H16N6O3/c1-13-9(19)4-3-5-18-11(8-6-14-17(2)7-8)10(12(20)21)15-16-18/h6-7H,3-5H2,1-2H3,(H,13,19)(H,20,21). The zero-order valence-corrected chi connectivity index (χ0v) is 11.8. The molecule has 2 aromatic heterocycles. The molecule has 9 heteroatoms. The number of carbonyl (C=O) groups excluding carboxylic acids is 1. The molecule has 1 amide bonds. The monoisotopic (exact) mass is 292 g/mol. The van der Waals surface area contributed by atoms with Gasteiger partial charge in [-0.1, -0.05) is 5.21 Å². The minimum atomic E-state index is -1.15. The number of amides is 1. The van der Waals surface area contributed by atoms with Crippen molar-refractivity contribution in [1.82, 2.24) is 30.1 Å². The van der Waals surface area contributed by atoms with E-state index in [0.717, 1.165) is 0 Å². The van der Waals surface area contributed by atoms with Crippen LogP contribution in [0.25, 0.3) is 11.3 Å². The summed E-state index contributed by atoms with van der Waals surface area (Å²) < 4.78 is 3.06. The highest BCUT2D eigenvalue weighted by atomic mass is 16.4. The molecule has 0 radical (unpaired) electrons. The third kappa shape index (κ3) is 3.25. The fourth-order valence-electron chi connectivity index (χ4n) is 1.96. The van der Waals surface area contributed by atoms with Crippen LogP contribution in [-0.2, 0) is 18.4 Å². The van der Waals surface area contributed by atoms with Gasteiger partial charge in [-0.05, 0) is 6.42 Å². The molecule has 0 aliphatic rings. The lowest BCUT2D eigenvalue weighted by Crippen LogP contribution is -2.18. The molecule has 2 heterocycles. The van der Waals surface area contributed by atoms with Crippen molar-refractivity contribution in [3.05, 3.63) is 18.1 Å². The number of nitrogens with one attached hydrogen (secondary N) is 1. The largest absolute Gasteiger partial charge is 0.476 e. The van der Waals surface area contributed by atoms with E-state index in [2.05, 4.69) is 20.7 Å². The lowest BCUT2D eigenvalue weighted by molar-refractivity contribution is -0.120. The molecule has 2 rings (SSSR count). The molecule has 9 nitrogen and oxygen atoms in total. The summed E-state index contributed by atoms with van der Waals surface area (Å²) >= 11 is 0. The van der Waals surface area contributed by atoms with E-state index in [-0.39, 0.29) is 11.6 Å². The highest BCUT2D eigenvalue weighted by molar-refractivity contribution is 5.92. The van der Waals surface area contributed by atoms with Gasteiger partial charge in [-0.15, -0.1) is 5.10 Å². The maximum absolute atomic E-state index is 11.2. The number of hydrogen-bond acceptors (Lipinski definition) is 5. The second kappa shape index (κ2) is 6.16. The van der Waals surface area contributed by atoms with E-state index in [1.807, 2.05) is 0 Å². The first-order chi connectivity index (χ1) is 10.0. The molecule has 0 atom stereocenters. The van der Waals surface area contributed by atoms with Crippen molar-refractivity contribution in [2.45, 2.75) is 19.4 Å². The van der Waals surface area contributed by atoms with Gasteiger partial charge < -0.3 is 10.4 Å². The minimum absolute atomic E-state index is 0.0727. The van der Waals surface area contributed by atoms with Crippen LogP contribution in [-0.4, -0.2) is 48.8 Å². The summed E-state index contributed by atoms with van der Waals surface area (Å²) in [5, 5.41) is 23.3. The fraction of sp³-hybridized carbons (Fsp3) is 0.417. The minimum Gasteiger partial charge on any atom is -0.476 e. The van der Waals surface area contributed by atoms with Crippen molar-refractivity contribution in [3.63, 3.8) is 0 Å². The molecule has 2 N–H and O–H groups in total. The second-order valence-corrected chi connectivity index (χ2v) is 4.49. The van der Waals surface area contributed by atoms with Gasteiger partial charge in [0.05, 0.1) is 6.20 Å². The molecule has 0 aliphatic carbocycles. The van der Waals surface area contributed by atoms with Gasteiger partial charge in [0, 0.05) is 38.8 Å². The Kier molecular flexibility index (Phi) is 4.31. The number of nitrogens with zero attached hydrogens (tertiary/aromatic N) is 5. The number of aryl methyl sites for hydroxylation is 2. The maximum Gasteiger partial charge on any atom is 0.358 e. The van der Waals surface area contributed by atoms with E-state index in [1.54, 1.807) is 31.2 Å². The second-order valence-electron chi connectivity index (χ2n) is 4.49. The molecule has 2 aromatic rings. The van der Waals surface area contributed by atoms with Crippen LogP contribution in [0, 0.1) is 0 Å². The van der Waals surface area contributed by atoms with Crippen molar-refractivity contribution in [2.24, 2.45) is 7.05 Å². The Labute approximate surface area is 120 Å². The third-order valence-corrected chi connectivity index (χ3v) is 2.97. The molecule has 0 fully saturated rings. The molecule has 0 unspecified atom stereocenters. The van der Waals surface area contributed by atoms with Crippen molar-refractivity contribution in [3.8, 4) is 11.3 Å². The van der Waals surface area contributed by atoms with Crippen LogP contribution in [0.2, 0.25) is 0 Å². The summed E-state index contributed by atoms with van der Waals surface area (Å²) in [5.74, 6) is -1.22. The quantitative estimate of drug-likeness (QED) is 0.768. The highest BCUT2D eigenvalue weighted by Gasteiger charge is 2.21. The fourth-order valence-corrected chi connectivity index (χ4v) is 1.96. The Bertz CT molecular complexity index is 660. The normalized spacial score (nSPS) is 10.6. The van der Waals surface area contributed by atoms with Crippen molar-refractivity contribution in [1.29, 1.82) is 0 Å². The van der Waals surface area contributed by atoms with Crippen molar-refractivity contribution >= 4 is 11.9 Å². The van der Waals surface area contributed by atoms with E-state index in [1.165, 1.54) is 4.68 Å². The smallest absolute Gasteiger partial charge is 0.358 e. The summed E-state index contributed by atoms with van der Waals surface area (Å²) in [6.45, 7) is 0.401. The average Bonchev–Trinajstić information content (AvgIpc) is 3.04. The Hall–Kier alpha value is -2.71. The van der Waals surface area contributed by atoms with Crippen LogP contribution < -0.4 is 5.32 Å². The van der Waals surface area contributed by atoms with Crippen LogP contribution >= 0.6 is 0 Å². The van der Waals surface area contributed by atoms with E-state index in [0.29, 0.717) is 30.6 Å². The van der Waals surface area contributed by atoms with Crippen LogP contribution in [0.3, 0.4) is 0 Å². The number of carboxylic acids is 1. The lowest BCUT2D eigenvalue weighted by Gasteiger charge is -2.05. The number of carboxylic acid groups (broad SMARTS) is 1. The zero-order valence-electron chi connectivity index (χ0n) is 11.8. The van der Waals surface area contributed by atoms with E-state index < -0.39 is 5.97 Å². The molecule has 21 heavy (non-hydrogen) atoms. The third-order valence-electron chi connectivity index (χ3n) is 2.97. The summed E-state index contributed by atoms with van der Waals surface area (Å²) in [7, 11) is 3.31. The van der Waals surface area contributed by atoms with Crippen LogP contribution in [0.4, 0.5) is 0 Å². The number of hydrogen-bond donors (Lipinski definition) is 2. The molecule has 112 valence electrons. The van der Waals surface area contributed by atoms with Gasteiger partial charge in [0.2, 0.25) is 5.91 Å². The highest BCUT2D eigenvalue weighted by Crippen LogP contribution is 2.22. The van der Waals surface area contributed by atoms with Crippen LogP contribution in [0.15, 0.2) is 12.4 Å².